The minimum atomic E-state index is -0.339. The molecule has 0 aromatic heterocycles. The van der Waals surface area contributed by atoms with Gasteiger partial charge in [-0.15, -0.1) is 0 Å². The Morgan fingerprint density at radius 2 is 1.62 bits per heavy atom. The number of amides is 2. The van der Waals surface area contributed by atoms with E-state index in [1.54, 1.807) is 14.2 Å². The Morgan fingerprint density at radius 1 is 0.975 bits per heavy atom. The highest BCUT2D eigenvalue weighted by Gasteiger charge is 2.55. The monoisotopic (exact) mass is 555 g/mol. The Balaban J connectivity index is 1.18. The fourth-order valence-electron chi connectivity index (χ4n) is 7.73. The highest BCUT2D eigenvalue weighted by Crippen LogP contribution is 2.43. The van der Waals surface area contributed by atoms with Crippen molar-refractivity contribution in [2.45, 2.75) is 102 Å². The van der Waals surface area contributed by atoms with Crippen LogP contribution in [0.4, 0.5) is 4.79 Å². The van der Waals surface area contributed by atoms with Gasteiger partial charge in [0.25, 0.3) is 5.91 Å². The highest BCUT2D eigenvalue weighted by atomic mass is 16.6. The zero-order valence-electron chi connectivity index (χ0n) is 24.9. The largest absolute Gasteiger partial charge is 0.496 e. The van der Waals surface area contributed by atoms with Crippen LogP contribution in [0, 0.1) is 5.92 Å². The molecule has 1 aromatic rings. The summed E-state index contributed by atoms with van der Waals surface area (Å²) in [6.45, 7) is 6.45. The van der Waals surface area contributed by atoms with Crippen LogP contribution >= 0.6 is 0 Å². The smallest absolute Gasteiger partial charge is 0.410 e. The molecule has 0 radical (unpaired) electrons. The fourth-order valence-corrected chi connectivity index (χ4v) is 7.73. The Bertz CT molecular complexity index is 988. The molecular weight excluding hydrogens is 506 g/mol. The first-order valence-electron chi connectivity index (χ1n) is 15.7. The van der Waals surface area contributed by atoms with Crippen LogP contribution in [0.25, 0.3) is 0 Å². The summed E-state index contributed by atoms with van der Waals surface area (Å²) in [5.41, 5.74) is 0.166. The molecule has 8 nitrogen and oxygen atoms in total. The van der Waals surface area contributed by atoms with Gasteiger partial charge in [0.05, 0.1) is 20.3 Å². The maximum absolute atomic E-state index is 13.4. The van der Waals surface area contributed by atoms with Gasteiger partial charge in [0.1, 0.15) is 22.7 Å². The zero-order chi connectivity index (χ0) is 28.1. The van der Waals surface area contributed by atoms with Crippen LogP contribution in [-0.2, 0) is 4.74 Å². The SMILES string of the molecule is CCCCC1N(CC2CCCCC2)C(=O)OC12CCN(C1CCN(C(=O)c3c(OC)cccc3OC)CC1)CC2. The topological polar surface area (TPSA) is 71.6 Å². The number of nitrogens with zero attached hydrogens (tertiary/aromatic N) is 3. The van der Waals surface area contributed by atoms with Crippen molar-refractivity contribution in [3.8, 4) is 11.5 Å². The maximum atomic E-state index is 13.4. The van der Waals surface area contributed by atoms with Crippen molar-refractivity contribution in [2.24, 2.45) is 5.92 Å². The molecular formula is C32H49N3O5. The van der Waals surface area contributed by atoms with E-state index >= 15 is 0 Å². The number of ether oxygens (including phenoxy) is 3. The average Bonchev–Trinajstić information content (AvgIpc) is 3.24. The number of unbranched alkanes of at least 4 members (excludes halogenated alkanes) is 1. The molecule has 3 aliphatic heterocycles. The van der Waals surface area contributed by atoms with Crippen LogP contribution in [0.3, 0.4) is 0 Å². The van der Waals surface area contributed by atoms with E-state index in [4.69, 9.17) is 14.2 Å². The van der Waals surface area contributed by atoms with E-state index in [1.165, 1.54) is 32.1 Å². The summed E-state index contributed by atoms with van der Waals surface area (Å²) >= 11 is 0. The van der Waals surface area contributed by atoms with E-state index in [0.29, 0.717) is 29.0 Å². The molecule has 1 aromatic carbocycles. The first kappa shape index (κ1) is 29.0. The molecule has 4 aliphatic rings. The van der Waals surface area contributed by atoms with Crippen molar-refractivity contribution >= 4 is 12.0 Å². The summed E-state index contributed by atoms with van der Waals surface area (Å²) in [6.07, 6.45) is 13.4. The minimum absolute atomic E-state index is 0.0277. The third kappa shape index (κ3) is 5.93. The summed E-state index contributed by atoms with van der Waals surface area (Å²) < 4.78 is 17.3. The van der Waals surface area contributed by atoms with Crippen LogP contribution in [-0.4, -0.2) is 91.3 Å². The van der Waals surface area contributed by atoms with Gasteiger partial charge in [0, 0.05) is 51.6 Å². The van der Waals surface area contributed by atoms with E-state index in [1.807, 2.05) is 23.1 Å². The van der Waals surface area contributed by atoms with Crippen molar-refractivity contribution < 1.29 is 23.8 Å². The summed E-state index contributed by atoms with van der Waals surface area (Å²) in [5.74, 6) is 1.70. The second-order valence-electron chi connectivity index (χ2n) is 12.3. The Labute approximate surface area is 240 Å². The van der Waals surface area contributed by atoms with Gasteiger partial charge in [-0.3, -0.25) is 9.69 Å². The van der Waals surface area contributed by atoms with E-state index < -0.39 is 0 Å². The van der Waals surface area contributed by atoms with Gasteiger partial charge in [0.2, 0.25) is 0 Å². The molecule has 1 atom stereocenters. The number of benzene rings is 1. The molecule has 1 unspecified atom stereocenters. The van der Waals surface area contributed by atoms with Crippen LogP contribution in [0.1, 0.15) is 94.3 Å². The van der Waals surface area contributed by atoms with Crippen molar-refractivity contribution in [3.05, 3.63) is 23.8 Å². The number of piperidine rings is 2. The number of hydrogen-bond donors (Lipinski definition) is 0. The summed E-state index contributed by atoms with van der Waals surface area (Å²) in [6, 6.07) is 6.12. The van der Waals surface area contributed by atoms with E-state index in [-0.39, 0.29) is 23.6 Å². The molecule has 4 fully saturated rings. The highest BCUT2D eigenvalue weighted by molar-refractivity contribution is 5.99. The zero-order valence-corrected chi connectivity index (χ0v) is 24.9. The number of rotatable bonds is 9. The number of hydrogen-bond acceptors (Lipinski definition) is 6. The molecule has 0 bridgehead atoms. The molecule has 222 valence electrons. The first-order valence-corrected chi connectivity index (χ1v) is 15.7. The second kappa shape index (κ2) is 13.0. The van der Waals surface area contributed by atoms with E-state index in [0.717, 1.165) is 77.7 Å². The van der Waals surface area contributed by atoms with Gasteiger partial charge >= 0.3 is 6.09 Å². The van der Waals surface area contributed by atoms with E-state index in [9.17, 15) is 9.59 Å². The lowest BCUT2D eigenvalue weighted by atomic mass is 9.80. The van der Waals surface area contributed by atoms with Crippen molar-refractivity contribution in [2.75, 3.05) is 46.9 Å². The van der Waals surface area contributed by atoms with E-state index in [2.05, 4.69) is 16.7 Å². The fraction of sp³-hybridized carbons (Fsp3) is 0.750. The van der Waals surface area contributed by atoms with Gasteiger partial charge < -0.3 is 24.0 Å². The van der Waals surface area contributed by atoms with Crippen molar-refractivity contribution in [1.29, 1.82) is 0 Å². The predicted octanol–water partition coefficient (Wildman–Crippen LogP) is 5.73. The number of carbonyl (C=O) groups excluding carboxylic acids is 2. The van der Waals surface area contributed by atoms with Crippen LogP contribution in [0.15, 0.2) is 18.2 Å². The second-order valence-corrected chi connectivity index (χ2v) is 12.3. The first-order chi connectivity index (χ1) is 19.5. The van der Waals surface area contributed by atoms with Crippen LogP contribution in [0.2, 0.25) is 0 Å². The molecule has 5 rings (SSSR count). The number of carbonyl (C=O) groups is 2. The number of likely N-dealkylation sites (tertiary alicyclic amines) is 2. The Hall–Kier alpha value is -2.48. The Kier molecular flexibility index (Phi) is 9.44. The molecule has 3 heterocycles. The van der Waals surface area contributed by atoms with Gasteiger partial charge in [-0.25, -0.2) is 4.79 Å². The lowest BCUT2D eigenvalue weighted by molar-refractivity contribution is -0.0385. The minimum Gasteiger partial charge on any atom is -0.496 e. The molecule has 1 aliphatic carbocycles. The summed E-state index contributed by atoms with van der Waals surface area (Å²) in [4.78, 5) is 33.3. The standard InChI is InChI=1S/C32H49N3O5/c1-4-5-14-28-32(40-31(37)35(28)23-24-10-7-6-8-11-24)17-21-33(22-18-32)25-15-19-34(20-16-25)30(36)29-26(38-2)12-9-13-27(29)39-3/h9,12-13,24-25,28H,4-8,10-11,14-23H2,1-3H3. The predicted molar refractivity (Wildman–Crippen MR) is 155 cm³/mol. The molecule has 2 amide bonds. The molecule has 1 saturated carbocycles. The van der Waals surface area contributed by atoms with Crippen molar-refractivity contribution in [1.82, 2.24) is 14.7 Å². The molecule has 3 saturated heterocycles. The molecule has 1 spiro atoms. The summed E-state index contributed by atoms with van der Waals surface area (Å²) in [5, 5.41) is 0. The van der Waals surface area contributed by atoms with Gasteiger partial charge in [-0.05, 0) is 50.2 Å². The van der Waals surface area contributed by atoms with Crippen molar-refractivity contribution in [3.63, 3.8) is 0 Å². The molecule has 40 heavy (non-hydrogen) atoms. The maximum Gasteiger partial charge on any atom is 0.410 e. The molecule has 0 N–H and O–H groups in total. The number of methoxy groups -OCH3 is 2. The Morgan fingerprint density at radius 3 is 2.23 bits per heavy atom. The third-order valence-electron chi connectivity index (χ3n) is 10.1. The van der Waals surface area contributed by atoms with Crippen LogP contribution in [0.5, 0.6) is 11.5 Å². The quantitative estimate of drug-likeness (QED) is 0.387. The average molecular weight is 556 g/mol. The lowest BCUT2D eigenvalue weighted by Crippen LogP contribution is -2.56. The van der Waals surface area contributed by atoms with Crippen LogP contribution < -0.4 is 9.47 Å². The van der Waals surface area contributed by atoms with Gasteiger partial charge in [0.15, 0.2) is 0 Å². The normalized spacial score (nSPS) is 24.4. The summed E-state index contributed by atoms with van der Waals surface area (Å²) in [7, 11) is 3.18. The van der Waals surface area contributed by atoms with Gasteiger partial charge in [-0.2, -0.15) is 0 Å². The third-order valence-corrected chi connectivity index (χ3v) is 10.1. The van der Waals surface area contributed by atoms with Gasteiger partial charge in [-0.1, -0.05) is 45.1 Å². The lowest BCUT2D eigenvalue weighted by Gasteiger charge is -2.46. The molecule has 8 heteroatoms.